The van der Waals surface area contributed by atoms with Crippen LogP contribution in [0.1, 0.15) is 19.4 Å². The van der Waals surface area contributed by atoms with Gasteiger partial charge in [-0.3, -0.25) is 4.79 Å². The van der Waals surface area contributed by atoms with E-state index in [4.69, 9.17) is 4.74 Å². The van der Waals surface area contributed by atoms with Crippen LogP contribution in [0.2, 0.25) is 0 Å². The number of esters is 1. The van der Waals surface area contributed by atoms with E-state index in [-0.39, 0.29) is 54.2 Å². The maximum atomic E-state index is 12.3. The van der Waals surface area contributed by atoms with Crippen molar-refractivity contribution in [2.45, 2.75) is 26.6 Å². The highest BCUT2D eigenvalue weighted by Gasteiger charge is 2.36. The molecule has 0 spiro atoms. The number of likely N-dealkylation sites (tertiary alicyclic amines) is 1. The van der Waals surface area contributed by atoms with Crippen LogP contribution in [0.4, 0.5) is 13.2 Å². The van der Waals surface area contributed by atoms with Gasteiger partial charge in [0.2, 0.25) is 5.88 Å². The summed E-state index contributed by atoms with van der Waals surface area (Å²) in [6.45, 7) is 4.55. The first-order valence-electron chi connectivity index (χ1n) is 8.99. The Hall–Kier alpha value is -1.79. The predicted molar refractivity (Wildman–Crippen MR) is 112 cm³/mol. The van der Waals surface area contributed by atoms with Crippen molar-refractivity contribution < 1.29 is 27.4 Å². The number of hydrogen-bond donors (Lipinski definition) is 1. The number of guanidine groups is 1. The average molecular weight is 530 g/mol. The first-order chi connectivity index (χ1) is 13.2. The van der Waals surface area contributed by atoms with Crippen LogP contribution in [0, 0.1) is 11.8 Å². The summed E-state index contributed by atoms with van der Waals surface area (Å²) in [5.74, 6) is 0.189. The lowest BCUT2D eigenvalue weighted by molar-refractivity contribution is -0.154. The van der Waals surface area contributed by atoms with Crippen LogP contribution in [0.3, 0.4) is 0 Å². The summed E-state index contributed by atoms with van der Waals surface area (Å²) in [5, 5.41) is 3.18. The number of aromatic nitrogens is 1. The molecular formula is C18H26F3IN4O3. The minimum absolute atomic E-state index is 0. The second-order valence-electron chi connectivity index (χ2n) is 6.59. The molecule has 11 heteroatoms. The van der Waals surface area contributed by atoms with Crippen molar-refractivity contribution in [3.63, 3.8) is 0 Å². The minimum atomic E-state index is -4.42. The molecule has 0 radical (unpaired) electrons. The lowest BCUT2D eigenvalue weighted by Gasteiger charge is -2.21. The Bertz CT molecular complexity index is 703. The highest BCUT2D eigenvalue weighted by atomic mass is 127. The molecule has 1 aliphatic heterocycles. The normalized spacial score (nSPS) is 19.5. The molecule has 7 nitrogen and oxygen atoms in total. The number of carbonyl (C=O) groups excluding carboxylic acids is 1. The molecule has 1 aliphatic rings. The monoisotopic (exact) mass is 530 g/mol. The van der Waals surface area contributed by atoms with Gasteiger partial charge in [0.15, 0.2) is 12.6 Å². The second-order valence-corrected chi connectivity index (χ2v) is 6.59. The fourth-order valence-corrected chi connectivity index (χ4v) is 2.97. The third kappa shape index (κ3) is 7.86. The number of methoxy groups -OCH3 is 1. The van der Waals surface area contributed by atoms with Crippen LogP contribution in [0.5, 0.6) is 5.88 Å². The number of hydrogen-bond acceptors (Lipinski definition) is 5. The van der Waals surface area contributed by atoms with E-state index in [0.717, 1.165) is 0 Å². The van der Waals surface area contributed by atoms with Crippen LogP contribution < -0.4 is 10.1 Å². The molecule has 0 amide bonds. The zero-order chi connectivity index (χ0) is 20.7. The van der Waals surface area contributed by atoms with Gasteiger partial charge in [-0.05, 0) is 24.5 Å². The number of halogens is 4. The van der Waals surface area contributed by atoms with Gasteiger partial charge in [0, 0.05) is 31.9 Å². The molecule has 2 rings (SSSR count). The first-order valence-corrected chi connectivity index (χ1v) is 8.99. The van der Waals surface area contributed by atoms with E-state index in [1.165, 1.54) is 19.4 Å². The molecule has 29 heavy (non-hydrogen) atoms. The van der Waals surface area contributed by atoms with E-state index in [9.17, 15) is 18.0 Å². The van der Waals surface area contributed by atoms with E-state index in [0.29, 0.717) is 31.2 Å². The van der Waals surface area contributed by atoms with Gasteiger partial charge in [0.25, 0.3) is 0 Å². The summed E-state index contributed by atoms with van der Waals surface area (Å²) in [4.78, 5) is 22.2. The smallest absolute Gasteiger partial charge is 0.422 e. The number of nitrogens with one attached hydrogen (secondary N) is 1. The van der Waals surface area contributed by atoms with E-state index in [2.05, 4.69) is 20.0 Å². The number of ether oxygens (including phenoxy) is 2. The molecule has 0 bridgehead atoms. The lowest BCUT2D eigenvalue weighted by atomic mass is 9.99. The van der Waals surface area contributed by atoms with E-state index in [1.807, 2.05) is 18.7 Å². The third-order valence-corrected chi connectivity index (χ3v) is 4.35. The number of aliphatic imine (C=N–C) groups is 1. The summed E-state index contributed by atoms with van der Waals surface area (Å²) in [5.41, 5.74) is 0.666. The number of rotatable bonds is 6. The summed E-state index contributed by atoms with van der Waals surface area (Å²) in [6, 6.07) is 3.10. The van der Waals surface area contributed by atoms with Crippen molar-refractivity contribution >= 4 is 35.9 Å². The molecule has 1 saturated heterocycles. The molecule has 1 fully saturated rings. The predicted octanol–water partition coefficient (Wildman–Crippen LogP) is 2.85. The zero-order valence-electron chi connectivity index (χ0n) is 16.5. The Morgan fingerprint density at radius 1 is 1.41 bits per heavy atom. The lowest BCUT2D eigenvalue weighted by Crippen LogP contribution is -2.40. The molecule has 0 aromatic carbocycles. The molecule has 1 N–H and O–H groups in total. The Morgan fingerprint density at radius 2 is 2.14 bits per heavy atom. The molecule has 1 aromatic rings. The average Bonchev–Trinajstić information content (AvgIpc) is 3.04. The standard InChI is InChI=1S/C18H25F3N4O3.HI/c1-4-22-17(25-9-12(2)14(10-25)16(26)27-3)24-8-13-5-6-23-15(7-13)28-11-18(19,20)21;/h5-7,12,14H,4,8-11H2,1-3H3,(H,22,24);1H. The number of carbonyl (C=O) groups is 1. The minimum Gasteiger partial charge on any atom is -0.469 e. The second kappa shape index (κ2) is 11.4. The van der Waals surface area contributed by atoms with Crippen molar-refractivity contribution in [3.8, 4) is 5.88 Å². The largest absolute Gasteiger partial charge is 0.469 e. The van der Waals surface area contributed by atoms with Gasteiger partial charge < -0.3 is 19.7 Å². The highest BCUT2D eigenvalue weighted by Crippen LogP contribution is 2.24. The van der Waals surface area contributed by atoms with Crippen molar-refractivity contribution in [2.75, 3.05) is 33.4 Å². The summed E-state index contributed by atoms with van der Waals surface area (Å²) in [6.07, 6.45) is -3.04. The Balaban J connectivity index is 0.00000420. The van der Waals surface area contributed by atoms with Gasteiger partial charge in [0.05, 0.1) is 19.6 Å². The van der Waals surface area contributed by atoms with Gasteiger partial charge in [-0.15, -0.1) is 24.0 Å². The van der Waals surface area contributed by atoms with E-state index < -0.39 is 12.8 Å². The molecule has 2 atom stereocenters. The molecule has 164 valence electrons. The zero-order valence-corrected chi connectivity index (χ0v) is 18.9. The molecular weight excluding hydrogens is 504 g/mol. The molecule has 2 unspecified atom stereocenters. The molecule has 1 aromatic heterocycles. The van der Waals surface area contributed by atoms with Crippen molar-refractivity contribution in [1.29, 1.82) is 0 Å². The summed E-state index contributed by atoms with van der Waals surface area (Å²) >= 11 is 0. The SMILES string of the molecule is CCNC(=NCc1ccnc(OCC(F)(F)F)c1)N1CC(C)C(C(=O)OC)C1.I. The van der Waals surface area contributed by atoms with Crippen molar-refractivity contribution in [2.24, 2.45) is 16.8 Å². The van der Waals surface area contributed by atoms with Crippen LogP contribution in [-0.4, -0.2) is 61.3 Å². The topological polar surface area (TPSA) is 76.1 Å². The molecule has 0 aliphatic carbocycles. The number of pyridine rings is 1. The quantitative estimate of drug-likeness (QED) is 0.264. The van der Waals surface area contributed by atoms with Gasteiger partial charge in [0.1, 0.15) is 0 Å². The maximum absolute atomic E-state index is 12.3. The molecule has 0 saturated carbocycles. The highest BCUT2D eigenvalue weighted by molar-refractivity contribution is 14.0. The third-order valence-electron chi connectivity index (χ3n) is 4.35. The maximum Gasteiger partial charge on any atom is 0.422 e. The van der Waals surface area contributed by atoms with Crippen LogP contribution >= 0.6 is 24.0 Å². The van der Waals surface area contributed by atoms with Gasteiger partial charge >= 0.3 is 12.1 Å². The fraction of sp³-hybridized carbons (Fsp3) is 0.611. The Kier molecular flexibility index (Phi) is 9.93. The summed E-state index contributed by atoms with van der Waals surface area (Å²) < 4.78 is 46.4. The van der Waals surface area contributed by atoms with Gasteiger partial charge in [-0.25, -0.2) is 9.98 Å². The Morgan fingerprint density at radius 3 is 2.76 bits per heavy atom. The van der Waals surface area contributed by atoms with E-state index >= 15 is 0 Å². The molecule has 2 heterocycles. The summed E-state index contributed by atoms with van der Waals surface area (Å²) in [7, 11) is 1.37. The van der Waals surface area contributed by atoms with Crippen molar-refractivity contribution in [1.82, 2.24) is 15.2 Å². The first kappa shape index (κ1) is 25.2. The van der Waals surface area contributed by atoms with Crippen LogP contribution in [0.15, 0.2) is 23.3 Å². The Labute approximate surface area is 185 Å². The van der Waals surface area contributed by atoms with Crippen molar-refractivity contribution in [3.05, 3.63) is 23.9 Å². The van der Waals surface area contributed by atoms with Gasteiger partial charge in [-0.1, -0.05) is 6.92 Å². The van der Waals surface area contributed by atoms with Crippen LogP contribution in [0.25, 0.3) is 0 Å². The fourth-order valence-electron chi connectivity index (χ4n) is 2.97. The number of alkyl halides is 3. The van der Waals surface area contributed by atoms with Gasteiger partial charge in [-0.2, -0.15) is 13.2 Å². The van der Waals surface area contributed by atoms with E-state index in [1.54, 1.807) is 6.07 Å². The van der Waals surface area contributed by atoms with Crippen LogP contribution in [-0.2, 0) is 16.1 Å². The number of nitrogens with zero attached hydrogens (tertiary/aromatic N) is 3.